The molecule has 45 heavy (non-hydrogen) atoms. The van der Waals surface area contributed by atoms with Crippen LogP contribution in [0.3, 0.4) is 0 Å². The van der Waals surface area contributed by atoms with Crippen LogP contribution < -0.4 is 10.6 Å². The molecule has 0 saturated heterocycles. The van der Waals surface area contributed by atoms with Gasteiger partial charge in [0.15, 0.2) is 0 Å². The van der Waals surface area contributed by atoms with E-state index < -0.39 is 40.5 Å². The fourth-order valence-electron chi connectivity index (χ4n) is 5.66. The number of carbonyl (C=O) groups excluding carboxylic acids is 2. The Bertz CT molecular complexity index is 1310. The second kappa shape index (κ2) is 14.7. The third kappa shape index (κ3) is 8.90. The summed E-state index contributed by atoms with van der Waals surface area (Å²) in [7, 11) is 0. The van der Waals surface area contributed by atoms with Crippen LogP contribution in [-0.4, -0.2) is 45.3 Å². The highest BCUT2D eigenvalue weighted by Crippen LogP contribution is 2.27. The number of carbonyl (C=O) groups is 2. The molecule has 2 amide bonds. The molecule has 2 atom stereocenters. The third-order valence-electron chi connectivity index (χ3n) is 8.85. The van der Waals surface area contributed by atoms with Gasteiger partial charge in [-0.25, -0.2) is 0 Å². The van der Waals surface area contributed by atoms with E-state index in [2.05, 4.69) is 10.6 Å². The summed E-state index contributed by atoms with van der Waals surface area (Å²) in [6.45, 7) is 6.69. The molecule has 4 N–H and O–H groups in total. The van der Waals surface area contributed by atoms with Gasteiger partial charge < -0.3 is 20.8 Å². The van der Waals surface area contributed by atoms with Crippen LogP contribution in [0.2, 0.25) is 0 Å². The lowest BCUT2D eigenvalue weighted by atomic mass is 9.80. The molecule has 4 aromatic carbocycles. The summed E-state index contributed by atoms with van der Waals surface area (Å²) in [5, 5.41) is 30.0. The van der Waals surface area contributed by atoms with Gasteiger partial charge in [0.2, 0.25) is 11.8 Å². The molecule has 4 aromatic rings. The minimum absolute atomic E-state index is 0.319. The minimum atomic E-state index is -1.48. The van der Waals surface area contributed by atoms with E-state index in [9.17, 15) is 19.8 Å². The quantitative estimate of drug-likeness (QED) is 0.143. The summed E-state index contributed by atoms with van der Waals surface area (Å²) in [4.78, 5) is 27.5. The fraction of sp³-hybridized carbons (Fsp3) is 0.333. The van der Waals surface area contributed by atoms with Crippen molar-refractivity contribution in [3.63, 3.8) is 0 Å². The molecule has 0 aromatic heterocycles. The van der Waals surface area contributed by atoms with Gasteiger partial charge >= 0.3 is 0 Å². The first kappa shape index (κ1) is 33.6. The van der Waals surface area contributed by atoms with E-state index in [1.54, 1.807) is 27.7 Å². The topological polar surface area (TPSA) is 98.7 Å². The number of benzene rings is 4. The molecule has 236 valence electrons. The van der Waals surface area contributed by atoms with Gasteiger partial charge in [0, 0.05) is 25.7 Å². The first-order valence-electron chi connectivity index (χ1n) is 15.6. The van der Waals surface area contributed by atoms with Crippen molar-refractivity contribution < 1.29 is 19.8 Å². The first-order chi connectivity index (χ1) is 21.4. The minimum Gasteiger partial charge on any atom is -0.387 e. The molecule has 0 bridgehead atoms. The Morgan fingerprint density at radius 1 is 0.511 bits per heavy atom. The number of nitrogens with one attached hydrogen (secondary N) is 2. The monoisotopic (exact) mass is 606 g/mol. The van der Waals surface area contributed by atoms with Crippen LogP contribution in [0.25, 0.3) is 0 Å². The van der Waals surface area contributed by atoms with Crippen molar-refractivity contribution in [1.29, 1.82) is 0 Å². The Balaban J connectivity index is 1.50. The lowest BCUT2D eigenvalue weighted by Gasteiger charge is -2.38. The molecule has 2 unspecified atom stereocenters. The summed E-state index contributed by atoms with van der Waals surface area (Å²) < 4.78 is 0. The van der Waals surface area contributed by atoms with Crippen LogP contribution in [0.15, 0.2) is 121 Å². The first-order valence-corrected chi connectivity index (χ1v) is 15.6. The number of amides is 2. The Labute approximate surface area is 267 Å². The van der Waals surface area contributed by atoms with Crippen molar-refractivity contribution in [3.8, 4) is 0 Å². The van der Waals surface area contributed by atoms with E-state index in [4.69, 9.17) is 0 Å². The molecule has 0 spiro atoms. The van der Waals surface area contributed by atoms with Crippen LogP contribution in [0.1, 0.15) is 49.9 Å². The average molecular weight is 607 g/mol. The third-order valence-corrected chi connectivity index (χ3v) is 8.85. The molecule has 6 heteroatoms. The van der Waals surface area contributed by atoms with Crippen LogP contribution >= 0.6 is 0 Å². The van der Waals surface area contributed by atoms with Crippen molar-refractivity contribution in [3.05, 3.63) is 144 Å². The highest BCUT2D eigenvalue weighted by Gasteiger charge is 2.43. The summed E-state index contributed by atoms with van der Waals surface area (Å²) in [6, 6.07) is 37.4. The number of rotatable bonds is 14. The van der Waals surface area contributed by atoms with E-state index in [0.717, 1.165) is 22.3 Å². The van der Waals surface area contributed by atoms with Crippen molar-refractivity contribution >= 4 is 11.8 Å². The van der Waals surface area contributed by atoms with Crippen molar-refractivity contribution in [2.24, 2.45) is 5.41 Å². The zero-order chi connectivity index (χ0) is 32.5. The van der Waals surface area contributed by atoms with Crippen molar-refractivity contribution in [2.45, 2.75) is 76.7 Å². The molecule has 0 aliphatic carbocycles. The highest BCUT2D eigenvalue weighted by atomic mass is 16.3. The van der Waals surface area contributed by atoms with Gasteiger partial charge in [0.1, 0.15) is 5.41 Å². The zero-order valence-electron chi connectivity index (χ0n) is 26.7. The van der Waals surface area contributed by atoms with E-state index in [-0.39, 0.29) is 0 Å². The van der Waals surface area contributed by atoms with E-state index in [1.165, 1.54) is 0 Å². The molecule has 4 rings (SSSR count). The Hall–Kier alpha value is -4.26. The van der Waals surface area contributed by atoms with Gasteiger partial charge in [-0.05, 0) is 49.9 Å². The van der Waals surface area contributed by atoms with Crippen molar-refractivity contribution in [2.75, 3.05) is 0 Å². The predicted octanol–water partition coefficient (Wildman–Crippen LogP) is 5.46. The second-order valence-corrected chi connectivity index (χ2v) is 12.9. The molecular formula is C39H46N2O4. The van der Waals surface area contributed by atoms with Crippen LogP contribution in [0.4, 0.5) is 0 Å². The second-order valence-electron chi connectivity index (χ2n) is 12.9. The highest BCUT2D eigenvalue weighted by molar-refractivity contribution is 6.04. The fourth-order valence-corrected chi connectivity index (χ4v) is 5.66. The smallest absolute Gasteiger partial charge is 0.235 e. The molecule has 0 fully saturated rings. The van der Waals surface area contributed by atoms with Gasteiger partial charge in [0.05, 0.1) is 23.3 Å². The predicted molar refractivity (Wildman–Crippen MR) is 179 cm³/mol. The zero-order valence-corrected chi connectivity index (χ0v) is 26.7. The normalized spacial score (nSPS) is 13.5. The number of hydrogen-bond acceptors (Lipinski definition) is 4. The Morgan fingerprint density at radius 3 is 0.956 bits per heavy atom. The summed E-state index contributed by atoms with van der Waals surface area (Å²) >= 11 is 0. The van der Waals surface area contributed by atoms with E-state index in [1.807, 2.05) is 121 Å². The maximum atomic E-state index is 13.7. The van der Waals surface area contributed by atoms with Gasteiger partial charge in [-0.3, -0.25) is 9.59 Å². The van der Waals surface area contributed by atoms with Gasteiger partial charge in [-0.15, -0.1) is 0 Å². The Morgan fingerprint density at radius 2 is 0.733 bits per heavy atom. The largest absolute Gasteiger partial charge is 0.387 e. The van der Waals surface area contributed by atoms with E-state index in [0.29, 0.717) is 25.7 Å². The molecule has 0 saturated carbocycles. The standard InChI is InChI=1S/C39H46N2O4/c1-29(38(44,25-31-17-9-5-10-18-31)26-32-19-11-6-12-20-32)40-35(42)37(3,4)36(43)41-30(2)39(45,27-33-21-13-7-14-22-33)28-34-23-15-8-16-24-34/h5-24,29-30,44-45H,25-28H2,1-4H3,(H,40,42)(H,41,43). The summed E-state index contributed by atoms with van der Waals surface area (Å²) in [5.41, 5.74) is -0.340. The number of aliphatic hydroxyl groups is 2. The lowest BCUT2D eigenvalue weighted by Crippen LogP contribution is -2.60. The molecular weight excluding hydrogens is 560 g/mol. The van der Waals surface area contributed by atoms with E-state index >= 15 is 0 Å². The molecule has 0 aliphatic heterocycles. The van der Waals surface area contributed by atoms with Crippen LogP contribution in [0.5, 0.6) is 0 Å². The molecule has 6 nitrogen and oxygen atoms in total. The van der Waals surface area contributed by atoms with Gasteiger partial charge in [-0.1, -0.05) is 121 Å². The average Bonchev–Trinajstić information content (AvgIpc) is 3.02. The van der Waals surface area contributed by atoms with Crippen LogP contribution in [0, 0.1) is 5.41 Å². The van der Waals surface area contributed by atoms with Gasteiger partial charge in [-0.2, -0.15) is 0 Å². The molecule has 0 aliphatic rings. The van der Waals surface area contributed by atoms with Crippen LogP contribution in [-0.2, 0) is 35.3 Å². The SMILES string of the molecule is CC(NC(=O)C(C)(C)C(=O)NC(C)C(O)(Cc1ccccc1)Cc1ccccc1)C(O)(Cc1ccccc1)Cc1ccccc1. The lowest BCUT2D eigenvalue weighted by molar-refractivity contribution is -0.144. The molecule has 0 radical (unpaired) electrons. The van der Waals surface area contributed by atoms with Gasteiger partial charge in [0.25, 0.3) is 0 Å². The maximum Gasteiger partial charge on any atom is 0.235 e. The Kier molecular flexibility index (Phi) is 11.0. The molecule has 0 heterocycles. The number of hydrogen-bond donors (Lipinski definition) is 4. The maximum absolute atomic E-state index is 13.7. The van der Waals surface area contributed by atoms with Crippen molar-refractivity contribution in [1.82, 2.24) is 10.6 Å². The summed E-state index contributed by atoms with van der Waals surface area (Å²) in [5.74, 6) is -1.01. The summed E-state index contributed by atoms with van der Waals surface area (Å²) in [6.07, 6.45) is 1.28.